The van der Waals surface area contributed by atoms with Crippen molar-refractivity contribution in [3.8, 4) is 11.4 Å². The van der Waals surface area contributed by atoms with Crippen molar-refractivity contribution < 1.29 is 9.32 Å². The van der Waals surface area contributed by atoms with Gasteiger partial charge in [-0.05, 0) is 68.6 Å². The average Bonchev–Trinajstić information content (AvgIpc) is 3.37. The summed E-state index contributed by atoms with van der Waals surface area (Å²) in [4.78, 5) is 22.3. The fourth-order valence-electron chi connectivity index (χ4n) is 5.22. The Balaban J connectivity index is 1.11. The second-order valence-electron chi connectivity index (χ2n) is 9.97. The number of carbonyl (C=O) groups is 1. The minimum absolute atomic E-state index is 0.0252. The summed E-state index contributed by atoms with van der Waals surface area (Å²) < 4.78 is 6.48. The molecular weight excluding hydrogens is 518 g/mol. The smallest absolute Gasteiger partial charge is 0.241 e. The lowest BCUT2D eigenvalue weighted by Crippen LogP contribution is -2.42. The molecule has 1 N–H and O–H groups in total. The maximum atomic E-state index is 13.0. The Bertz CT molecular complexity index is 1160. The Labute approximate surface area is 221 Å². The van der Waals surface area contributed by atoms with Crippen LogP contribution in [0.4, 0.5) is 0 Å². The number of likely N-dealkylation sites (tertiary alicyclic amines) is 2. The second kappa shape index (κ2) is 12.1. The molecule has 3 heterocycles. The monoisotopic (exact) mass is 551 g/mol. The van der Waals surface area contributed by atoms with Crippen LogP contribution in [0.5, 0.6) is 0 Å². The number of aromatic nitrogens is 2. The third-order valence-corrected chi connectivity index (χ3v) is 7.59. The first-order chi connectivity index (χ1) is 17.6. The molecule has 8 heteroatoms. The number of benzene rings is 2. The van der Waals surface area contributed by atoms with Crippen LogP contribution in [0.2, 0.25) is 0 Å². The van der Waals surface area contributed by atoms with Crippen LogP contribution in [0.1, 0.15) is 49.1 Å². The molecule has 1 atom stereocenters. The van der Waals surface area contributed by atoms with Crippen LogP contribution in [0.25, 0.3) is 11.4 Å². The molecule has 0 bridgehead atoms. The summed E-state index contributed by atoms with van der Waals surface area (Å²) in [5.41, 5.74) is 3.40. The largest absolute Gasteiger partial charge is 0.352 e. The molecular formula is C28H34BrN5O2. The zero-order chi connectivity index (χ0) is 24.7. The van der Waals surface area contributed by atoms with E-state index in [-0.39, 0.29) is 11.8 Å². The molecule has 190 valence electrons. The first kappa shape index (κ1) is 25.1. The van der Waals surface area contributed by atoms with E-state index in [1.165, 1.54) is 37.9 Å². The Morgan fingerprint density at radius 1 is 0.972 bits per heavy atom. The Kier molecular flexibility index (Phi) is 8.46. The SMILES string of the molecule is O=C(NCc1cccc(CN2CCCCC2)c1)C1CCCN(Cc2nc(-c3cccc(Br)c3)no2)C1. The number of carbonyl (C=O) groups excluding carboxylic acids is 1. The van der Waals surface area contributed by atoms with E-state index in [0.29, 0.717) is 31.3 Å². The quantitative estimate of drug-likeness (QED) is 0.424. The summed E-state index contributed by atoms with van der Waals surface area (Å²) in [6.45, 7) is 6.14. The molecule has 1 unspecified atom stereocenters. The molecule has 2 aliphatic rings. The Morgan fingerprint density at radius 3 is 2.64 bits per heavy atom. The zero-order valence-corrected chi connectivity index (χ0v) is 22.3. The highest BCUT2D eigenvalue weighted by atomic mass is 79.9. The predicted octanol–water partition coefficient (Wildman–Crippen LogP) is 5.01. The van der Waals surface area contributed by atoms with Crippen molar-refractivity contribution in [1.29, 1.82) is 0 Å². The number of amides is 1. The van der Waals surface area contributed by atoms with Crippen molar-refractivity contribution in [3.05, 3.63) is 70.0 Å². The van der Waals surface area contributed by atoms with Crippen molar-refractivity contribution >= 4 is 21.8 Å². The molecule has 0 aliphatic carbocycles. The fraction of sp³-hybridized carbons (Fsp3) is 0.464. The van der Waals surface area contributed by atoms with Crippen molar-refractivity contribution in [1.82, 2.24) is 25.3 Å². The normalized spacial score (nSPS) is 19.3. The van der Waals surface area contributed by atoms with Gasteiger partial charge >= 0.3 is 0 Å². The van der Waals surface area contributed by atoms with E-state index in [2.05, 4.69) is 65.5 Å². The van der Waals surface area contributed by atoms with Crippen LogP contribution in [0.15, 0.2) is 57.5 Å². The van der Waals surface area contributed by atoms with Gasteiger partial charge in [-0.3, -0.25) is 14.6 Å². The van der Waals surface area contributed by atoms with Gasteiger partial charge in [0, 0.05) is 29.7 Å². The standard InChI is InChI=1S/C28H34BrN5O2/c29-25-11-5-9-23(16-25)27-31-26(36-32-27)20-34-14-6-10-24(19-34)28(35)30-17-21-7-4-8-22(15-21)18-33-12-2-1-3-13-33/h4-5,7-9,11,15-16,24H,1-3,6,10,12-14,17-20H2,(H,30,35). The highest BCUT2D eigenvalue weighted by Gasteiger charge is 2.27. The molecule has 2 aliphatic heterocycles. The third kappa shape index (κ3) is 6.81. The third-order valence-electron chi connectivity index (χ3n) is 7.10. The summed E-state index contributed by atoms with van der Waals surface area (Å²) in [6, 6.07) is 16.5. The number of rotatable bonds is 8. The van der Waals surface area contributed by atoms with Crippen LogP contribution >= 0.6 is 15.9 Å². The van der Waals surface area contributed by atoms with Crippen molar-refractivity contribution in [2.75, 3.05) is 26.2 Å². The molecule has 1 amide bonds. The average molecular weight is 553 g/mol. The first-order valence-corrected chi connectivity index (χ1v) is 13.8. The van der Waals surface area contributed by atoms with Crippen molar-refractivity contribution in [2.24, 2.45) is 5.92 Å². The summed E-state index contributed by atoms with van der Waals surface area (Å²) in [5, 5.41) is 7.32. The molecule has 7 nitrogen and oxygen atoms in total. The lowest BCUT2D eigenvalue weighted by molar-refractivity contribution is -0.127. The van der Waals surface area contributed by atoms with Crippen molar-refractivity contribution in [2.45, 2.75) is 51.7 Å². The van der Waals surface area contributed by atoms with Gasteiger partial charge in [0.2, 0.25) is 17.6 Å². The lowest BCUT2D eigenvalue weighted by atomic mass is 9.97. The topological polar surface area (TPSA) is 74.5 Å². The van der Waals surface area contributed by atoms with Gasteiger partial charge in [0.25, 0.3) is 0 Å². The maximum Gasteiger partial charge on any atom is 0.241 e. The molecule has 2 saturated heterocycles. The number of hydrogen-bond acceptors (Lipinski definition) is 6. The van der Waals surface area contributed by atoms with Gasteiger partial charge in [0.05, 0.1) is 12.5 Å². The molecule has 3 aromatic rings. The highest BCUT2D eigenvalue weighted by Crippen LogP contribution is 2.23. The van der Waals surface area contributed by atoms with Crippen LogP contribution in [0.3, 0.4) is 0 Å². The van der Waals surface area contributed by atoms with Gasteiger partial charge in [-0.2, -0.15) is 4.98 Å². The van der Waals surface area contributed by atoms with Crippen LogP contribution in [0, 0.1) is 5.92 Å². The molecule has 5 rings (SSSR count). The molecule has 0 spiro atoms. The van der Waals surface area contributed by atoms with E-state index in [0.717, 1.165) is 41.5 Å². The molecule has 2 aromatic carbocycles. The number of halogens is 1. The molecule has 0 saturated carbocycles. The van der Waals surface area contributed by atoms with Gasteiger partial charge in [-0.25, -0.2) is 0 Å². The van der Waals surface area contributed by atoms with Gasteiger partial charge in [-0.1, -0.05) is 63.9 Å². The summed E-state index contributed by atoms with van der Waals surface area (Å²) in [7, 11) is 0. The molecule has 2 fully saturated rings. The maximum absolute atomic E-state index is 13.0. The Hall–Kier alpha value is -2.55. The van der Waals surface area contributed by atoms with Gasteiger partial charge < -0.3 is 9.84 Å². The van der Waals surface area contributed by atoms with Crippen LogP contribution < -0.4 is 5.32 Å². The zero-order valence-electron chi connectivity index (χ0n) is 20.7. The lowest BCUT2D eigenvalue weighted by Gasteiger charge is -2.30. The van der Waals surface area contributed by atoms with E-state index >= 15 is 0 Å². The van der Waals surface area contributed by atoms with Crippen LogP contribution in [-0.2, 0) is 24.4 Å². The number of piperidine rings is 2. The molecule has 0 radical (unpaired) electrons. The first-order valence-electron chi connectivity index (χ1n) is 13.0. The van der Waals surface area contributed by atoms with Gasteiger partial charge in [-0.15, -0.1) is 0 Å². The Morgan fingerprint density at radius 2 is 1.78 bits per heavy atom. The van der Waals surface area contributed by atoms with E-state index < -0.39 is 0 Å². The number of hydrogen-bond donors (Lipinski definition) is 1. The van der Waals surface area contributed by atoms with Gasteiger partial charge in [0.1, 0.15) is 0 Å². The predicted molar refractivity (Wildman–Crippen MR) is 143 cm³/mol. The summed E-state index contributed by atoms with van der Waals surface area (Å²) >= 11 is 3.48. The minimum atomic E-state index is -0.0252. The van der Waals surface area contributed by atoms with E-state index in [1.54, 1.807) is 0 Å². The fourth-order valence-corrected chi connectivity index (χ4v) is 5.61. The van der Waals surface area contributed by atoms with E-state index in [9.17, 15) is 4.79 Å². The van der Waals surface area contributed by atoms with Crippen LogP contribution in [-0.4, -0.2) is 52.0 Å². The molecule has 36 heavy (non-hydrogen) atoms. The summed E-state index contributed by atoms with van der Waals surface area (Å²) in [6.07, 6.45) is 5.84. The summed E-state index contributed by atoms with van der Waals surface area (Å²) in [5.74, 6) is 1.26. The number of nitrogens with one attached hydrogen (secondary N) is 1. The molecule has 1 aromatic heterocycles. The minimum Gasteiger partial charge on any atom is -0.352 e. The van der Waals surface area contributed by atoms with Gasteiger partial charge in [0.15, 0.2) is 0 Å². The van der Waals surface area contributed by atoms with E-state index in [4.69, 9.17) is 4.52 Å². The van der Waals surface area contributed by atoms with E-state index in [1.807, 2.05) is 24.3 Å². The number of nitrogens with zero attached hydrogens (tertiary/aromatic N) is 4. The second-order valence-corrected chi connectivity index (χ2v) is 10.9. The van der Waals surface area contributed by atoms with Crippen molar-refractivity contribution in [3.63, 3.8) is 0 Å². The highest BCUT2D eigenvalue weighted by molar-refractivity contribution is 9.10.